The van der Waals surface area contributed by atoms with Crippen LogP contribution in [0.5, 0.6) is 0 Å². The van der Waals surface area contributed by atoms with Crippen LogP contribution in [0.1, 0.15) is 29.0 Å². The van der Waals surface area contributed by atoms with Gasteiger partial charge in [-0.1, -0.05) is 6.07 Å². The molecule has 4 rings (SSSR count). The number of thiophene rings is 1. The maximum absolute atomic E-state index is 12.8. The maximum atomic E-state index is 12.8. The smallest absolute Gasteiger partial charge is 0.226 e. The number of piperidine rings is 1. The number of hydrogen-bond donors (Lipinski definition) is 0. The van der Waals surface area contributed by atoms with E-state index in [0.717, 1.165) is 51.2 Å². The number of carbonyl (C=O) groups is 1. The van der Waals surface area contributed by atoms with E-state index in [-0.39, 0.29) is 17.4 Å². The molecule has 1 spiro atoms. The minimum Gasteiger partial charge on any atom is -0.369 e. The van der Waals surface area contributed by atoms with Gasteiger partial charge in [0.1, 0.15) is 5.60 Å². The molecule has 0 radical (unpaired) electrons. The number of nitrogens with zero attached hydrogens (tertiary/aromatic N) is 3. The summed E-state index contributed by atoms with van der Waals surface area (Å²) >= 11 is 1.84. The predicted molar refractivity (Wildman–Crippen MR) is 111 cm³/mol. The average molecular weight is 400 g/mol. The van der Waals surface area contributed by atoms with Crippen LogP contribution in [0.3, 0.4) is 0 Å². The third-order valence-electron chi connectivity index (χ3n) is 6.02. The SMILES string of the molecule is CN(C)C(=O)C(Cc1ccccn1)CN1CCC2(CC1)OCCc1ccsc12. The predicted octanol–water partition coefficient (Wildman–Crippen LogP) is 2.95. The molecule has 4 heterocycles. The van der Waals surface area contributed by atoms with Crippen LogP contribution in [-0.4, -0.2) is 61.0 Å². The average Bonchev–Trinajstić information content (AvgIpc) is 3.20. The summed E-state index contributed by atoms with van der Waals surface area (Å²) < 4.78 is 6.32. The number of aromatic nitrogens is 1. The molecule has 5 nitrogen and oxygen atoms in total. The van der Waals surface area contributed by atoms with Crippen molar-refractivity contribution in [3.63, 3.8) is 0 Å². The van der Waals surface area contributed by atoms with E-state index in [2.05, 4.69) is 21.3 Å². The Labute approximate surface area is 171 Å². The Bertz CT molecular complexity index is 797. The summed E-state index contributed by atoms with van der Waals surface area (Å²) in [5.41, 5.74) is 2.36. The Hall–Kier alpha value is -1.76. The van der Waals surface area contributed by atoms with Crippen LogP contribution in [0.25, 0.3) is 0 Å². The van der Waals surface area contributed by atoms with Gasteiger partial charge >= 0.3 is 0 Å². The molecule has 0 aliphatic carbocycles. The zero-order chi connectivity index (χ0) is 19.6. The fourth-order valence-corrected chi connectivity index (χ4v) is 5.67. The van der Waals surface area contributed by atoms with Gasteiger partial charge in [-0.25, -0.2) is 0 Å². The van der Waals surface area contributed by atoms with Crippen LogP contribution >= 0.6 is 11.3 Å². The Balaban J connectivity index is 1.42. The van der Waals surface area contributed by atoms with Gasteiger partial charge in [0.25, 0.3) is 0 Å². The molecule has 2 aromatic rings. The lowest BCUT2D eigenvalue weighted by molar-refractivity contribution is -0.134. The normalized spacial score (nSPS) is 19.9. The Morgan fingerprint density at radius 1 is 1.32 bits per heavy atom. The van der Waals surface area contributed by atoms with Crippen LogP contribution in [-0.2, 0) is 28.0 Å². The monoisotopic (exact) mass is 399 g/mol. The van der Waals surface area contributed by atoms with Crippen molar-refractivity contribution >= 4 is 17.2 Å². The summed E-state index contributed by atoms with van der Waals surface area (Å²) in [6.45, 7) is 3.54. The molecule has 1 amide bonds. The van der Waals surface area contributed by atoms with Gasteiger partial charge in [0, 0.05) is 56.9 Å². The van der Waals surface area contributed by atoms with Gasteiger partial charge in [-0.2, -0.15) is 0 Å². The number of carbonyl (C=O) groups excluding carboxylic acids is 1. The van der Waals surface area contributed by atoms with E-state index < -0.39 is 0 Å². The topological polar surface area (TPSA) is 45.7 Å². The van der Waals surface area contributed by atoms with E-state index in [1.807, 2.05) is 43.6 Å². The van der Waals surface area contributed by atoms with E-state index in [4.69, 9.17) is 4.74 Å². The molecular weight excluding hydrogens is 370 g/mol. The van der Waals surface area contributed by atoms with Crippen LogP contribution < -0.4 is 0 Å². The summed E-state index contributed by atoms with van der Waals surface area (Å²) in [6, 6.07) is 8.17. The van der Waals surface area contributed by atoms with E-state index in [0.29, 0.717) is 6.42 Å². The summed E-state index contributed by atoms with van der Waals surface area (Å²) in [4.78, 5) is 22.8. The number of amides is 1. The van der Waals surface area contributed by atoms with E-state index in [1.54, 1.807) is 11.1 Å². The molecule has 0 N–H and O–H groups in total. The zero-order valence-corrected chi connectivity index (χ0v) is 17.6. The van der Waals surface area contributed by atoms with Crippen molar-refractivity contribution in [1.82, 2.24) is 14.8 Å². The first kappa shape index (κ1) is 19.6. The lowest BCUT2D eigenvalue weighted by Crippen LogP contribution is -2.48. The second-order valence-electron chi connectivity index (χ2n) is 8.12. The van der Waals surface area contributed by atoms with Crippen molar-refractivity contribution in [2.24, 2.45) is 5.92 Å². The number of likely N-dealkylation sites (tertiary alicyclic amines) is 1. The Morgan fingerprint density at radius 2 is 2.14 bits per heavy atom. The molecule has 1 fully saturated rings. The molecule has 0 bridgehead atoms. The van der Waals surface area contributed by atoms with Crippen molar-refractivity contribution in [2.45, 2.75) is 31.3 Å². The molecule has 6 heteroatoms. The summed E-state index contributed by atoms with van der Waals surface area (Å²) in [5.74, 6) is 0.115. The fourth-order valence-electron chi connectivity index (χ4n) is 4.50. The molecule has 1 atom stereocenters. The Morgan fingerprint density at radius 3 is 2.86 bits per heavy atom. The van der Waals surface area contributed by atoms with Crippen LogP contribution in [0.15, 0.2) is 35.8 Å². The third kappa shape index (κ3) is 4.00. The lowest BCUT2D eigenvalue weighted by atomic mass is 9.85. The molecular formula is C22H29N3O2S. The van der Waals surface area contributed by atoms with Gasteiger partial charge in [-0.05, 0) is 48.4 Å². The number of pyridine rings is 1. The fraction of sp³-hybridized carbons (Fsp3) is 0.545. The van der Waals surface area contributed by atoms with Gasteiger partial charge in [-0.3, -0.25) is 9.78 Å². The van der Waals surface area contributed by atoms with Crippen molar-refractivity contribution < 1.29 is 9.53 Å². The van der Waals surface area contributed by atoms with Crippen LogP contribution in [0.2, 0.25) is 0 Å². The molecule has 2 aromatic heterocycles. The van der Waals surface area contributed by atoms with Gasteiger partial charge in [-0.15, -0.1) is 11.3 Å². The van der Waals surface area contributed by atoms with Crippen molar-refractivity contribution in [1.29, 1.82) is 0 Å². The minimum atomic E-state index is -0.0969. The molecule has 150 valence electrons. The number of ether oxygens (including phenoxy) is 1. The highest BCUT2D eigenvalue weighted by Crippen LogP contribution is 2.44. The summed E-state index contributed by atoms with van der Waals surface area (Å²) in [6.07, 6.45) is 5.54. The number of fused-ring (bicyclic) bond motifs is 2. The molecule has 1 saturated heterocycles. The molecule has 1 unspecified atom stereocenters. The summed E-state index contributed by atoms with van der Waals surface area (Å²) in [5, 5.41) is 2.20. The van der Waals surface area contributed by atoms with Gasteiger partial charge < -0.3 is 14.5 Å². The van der Waals surface area contributed by atoms with E-state index >= 15 is 0 Å². The van der Waals surface area contributed by atoms with Gasteiger partial charge in [0.15, 0.2) is 0 Å². The highest BCUT2D eigenvalue weighted by molar-refractivity contribution is 7.10. The molecule has 28 heavy (non-hydrogen) atoms. The standard InChI is InChI=1S/C22H29N3O2S/c1-24(2)21(26)18(15-19-5-3-4-10-23-19)16-25-11-8-22(9-12-25)20-17(6-13-27-22)7-14-28-20/h3-5,7,10,14,18H,6,8-9,11-13,15-16H2,1-2H3. The van der Waals surface area contributed by atoms with E-state index in [1.165, 1.54) is 10.4 Å². The molecule has 2 aliphatic heterocycles. The molecule has 0 aromatic carbocycles. The largest absolute Gasteiger partial charge is 0.369 e. The molecule has 0 saturated carbocycles. The van der Waals surface area contributed by atoms with Gasteiger partial charge in [0.05, 0.1) is 12.5 Å². The van der Waals surface area contributed by atoms with Crippen LogP contribution in [0, 0.1) is 5.92 Å². The maximum Gasteiger partial charge on any atom is 0.226 e. The number of rotatable bonds is 5. The van der Waals surface area contributed by atoms with Crippen molar-refractivity contribution in [3.05, 3.63) is 52.0 Å². The first-order valence-corrected chi connectivity index (χ1v) is 11.0. The minimum absolute atomic E-state index is 0.0662. The second-order valence-corrected chi connectivity index (χ2v) is 9.04. The summed E-state index contributed by atoms with van der Waals surface area (Å²) in [7, 11) is 3.68. The Kier molecular flexibility index (Phi) is 5.80. The first-order valence-electron chi connectivity index (χ1n) is 10.1. The highest BCUT2D eigenvalue weighted by Gasteiger charge is 2.42. The number of hydrogen-bond acceptors (Lipinski definition) is 5. The van der Waals surface area contributed by atoms with Crippen molar-refractivity contribution in [3.8, 4) is 0 Å². The second kappa shape index (κ2) is 8.31. The van der Waals surface area contributed by atoms with Gasteiger partial charge in [0.2, 0.25) is 5.91 Å². The third-order valence-corrected chi connectivity index (χ3v) is 7.17. The zero-order valence-electron chi connectivity index (χ0n) is 16.8. The quantitative estimate of drug-likeness (QED) is 0.776. The highest BCUT2D eigenvalue weighted by atomic mass is 32.1. The van der Waals surface area contributed by atoms with E-state index in [9.17, 15) is 4.79 Å². The lowest BCUT2D eigenvalue weighted by Gasteiger charge is -2.44. The first-order chi connectivity index (χ1) is 13.6. The molecule has 2 aliphatic rings. The van der Waals surface area contributed by atoms with Crippen LogP contribution in [0.4, 0.5) is 0 Å². The van der Waals surface area contributed by atoms with Crippen molar-refractivity contribution in [2.75, 3.05) is 40.3 Å².